The standard InChI is InChI=1S/C15H28N2O3/c18-15(3-1-5-16-7-11-19-12-8-16)4-2-6-17-9-13-20-14-10-17/h1-14H2. The molecule has 0 bridgehead atoms. The number of hydrogen-bond acceptors (Lipinski definition) is 5. The summed E-state index contributed by atoms with van der Waals surface area (Å²) in [4.78, 5) is 16.6. The van der Waals surface area contributed by atoms with Gasteiger partial charge in [-0.1, -0.05) is 0 Å². The van der Waals surface area contributed by atoms with Crippen molar-refractivity contribution in [3.05, 3.63) is 0 Å². The minimum Gasteiger partial charge on any atom is -0.379 e. The highest BCUT2D eigenvalue weighted by Crippen LogP contribution is 2.05. The summed E-state index contributed by atoms with van der Waals surface area (Å²) >= 11 is 0. The summed E-state index contributed by atoms with van der Waals surface area (Å²) in [6, 6.07) is 0. The van der Waals surface area contributed by atoms with E-state index in [-0.39, 0.29) is 0 Å². The summed E-state index contributed by atoms with van der Waals surface area (Å²) in [5, 5.41) is 0. The zero-order valence-corrected chi connectivity index (χ0v) is 12.5. The Morgan fingerprint density at radius 2 is 1.15 bits per heavy atom. The smallest absolute Gasteiger partial charge is 0.133 e. The quantitative estimate of drug-likeness (QED) is 0.659. The number of ether oxygens (including phenoxy) is 2. The fourth-order valence-corrected chi connectivity index (χ4v) is 2.77. The third-order valence-electron chi connectivity index (χ3n) is 4.07. The van der Waals surface area contributed by atoms with Gasteiger partial charge in [-0.3, -0.25) is 14.6 Å². The molecular formula is C15H28N2O3. The van der Waals surface area contributed by atoms with Crippen molar-refractivity contribution >= 4 is 5.78 Å². The molecule has 0 unspecified atom stereocenters. The van der Waals surface area contributed by atoms with Crippen LogP contribution in [0.5, 0.6) is 0 Å². The summed E-state index contributed by atoms with van der Waals surface area (Å²) in [5.74, 6) is 0.423. The lowest BCUT2D eigenvalue weighted by Crippen LogP contribution is -2.37. The lowest BCUT2D eigenvalue weighted by atomic mass is 10.1. The minimum atomic E-state index is 0.423. The summed E-state index contributed by atoms with van der Waals surface area (Å²) in [7, 11) is 0. The van der Waals surface area contributed by atoms with Crippen LogP contribution in [0.15, 0.2) is 0 Å². The molecule has 0 aromatic heterocycles. The van der Waals surface area contributed by atoms with E-state index in [4.69, 9.17) is 9.47 Å². The van der Waals surface area contributed by atoms with Crippen LogP contribution in [0, 0.1) is 0 Å². The van der Waals surface area contributed by atoms with Gasteiger partial charge in [-0.15, -0.1) is 0 Å². The molecule has 2 fully saturated rings. The first-order valence-corrected chi connectivity index (χ1v) is 7.96. The molecule has 2 aliphatic heterocycles. The van der Waals surface area contributed by atoms with Gasteiger partial charge < -0.3 is 9.47 Å². The maximum Gasteiger partial charge on any atom is 0.133 e. The number of rotatable bonds is 8. The van der Waals surface area contributed by atoms with Gasteiger partial charge in [0.15, 0.2) is 0 Å². The number of nitrogens with zero attached hydrogens (tertiary/aromatic N) is 2. The summed E-state index contributed by atoms with van der Waals surface area (Å²) < 4.78 is 10.6. The number of Topliss-reactive ketones (excluding diaryl/α,β-unsaturated/α-hetero) is 1. The average Bonchev–Trinajstić information content (AvgIpc) is 2.49. The molecule has 2 heterocycles. The molecule has 2 rings (SSSR count). The van der Waals surface area contributed by atoms with Gasteiger partial charge in [-0.05, 0) is 25.9 Å². The maximum atomic E-state index is 11.8. The van der Waals surface area contributed by atoms with Crippen molar-refractivity contribution < 1.29 is 14.3 Å². The second kappa shape index (κ2) is 9.45. The second-order valence-electron chi connectivity index (χ2n) is 5.65. The highest BCUT2D eigenvalue weighted by Gasteiger charge is 2.12. The van der Waals surface area contributed by atoms with E-state index in [1.165, 1.54) is 0 Å². The molecule has 0 radical (unpaired) electrons. The van der Waals surface area contributed by atoms with E-state index in [1.807, 2.05) is 0 Å². The molecule has 0 N–H and O–H groups in total. The van der Waals surface area contributed by atoms with Crippen LogP contribution in [0.2, 0.25) is 0 Å². The summed E-state index contributed by atoms with van der Waals surface area (Å²) in [6.07, 6.45) is 3.47. The molecule has 0 saturated carbocycles. The van der Waals surface area contributed by atoms with Gasteiger partial charge in [-0.2, -0.15) is 0 Å². The topological polar surface area (TPSA) is 42.0 Å². The Hall–Kier alpha value is -0.490. The van der Waals surface area contributed by atoms with Crippen LogP contribution in [-0.2, 0) is 14.3 Å². The fourth-order valence-electron chi connectivity index (χ4n) is 2.77. The molecule has 0 spiro atoms. The van der Waals surface area contributed by atoms with Crippen LogP contribution in [0.3, 0.4) is 0 Å². The van der Waals surface area contributed by atoms with Crippen molar-refractivity contribution in [1.82, 2.24) is 9.80 Å². The first kappa shape index (κ1) is 15.9. The zero-order valence-electron chi connectivity index (χ0n) is 12.5. The third-order valence-corrected chi connectivity index (χ3v) is 4.07. The average molecular weight is 284 g/mol. The van der Waals surface area contributed by atoms with Crippen molar-refractivity contribution in [2.45, 2.75) is 25.7 Å². The fraction of sp³-hybridized carbons (Fsp3) is 0.933. The van der Waals surface area contributed by atoms with Gasteiger partial charge in [0.2, 0.25) is 0 Å². The van der Waals surface area contributed by atoms with Gasteiger partial charge in [0.25, 0.3) is 0 Å². The SMILES string of the molecule is O=C(CCCN1CCOCC1)CCCN1CCOCC1. The molecule has 0 aromatic carbocycles. The monoisotopic (exact) mass is 284 g/mol. The molecule has 0 amide bonds. The van der Waals surface area contributed by atoms with E-state index >= 15 is 0 Å². The normalized spacial score (nSPS) is 22.0. The number of carbonyl (C=O) groups is 1. The molecule has 116 valence electrons. The highest BCUT2D eigenvalue weighted by molar-refractivity contribution is 5.78. The predicted octanol–water partition coefficient (Wildman–Crippen LogP) is 0.780. The van der Waals surface area contributed by atoms with Gasteiger partial charge in [0.1, 0.15) is 5.78 Å². The Morgan fingerprint density at radius 3 is 1.55 bits per heavy atom. The third kappa shape index (κ3) is 6.31. The second-order valence-corrected chi connectivity index (χ2v) is 5.65. The molecule has 0 aliphatic carbocycles. The van der Waals surface area contributed by atoms with Crippen molar-refractivity contribution in [2.24, 2.45) is 0 Å². The predicted molar refractivity (Wildman–Crippen MR) is 78.0 cm³/mol. The molecule has 0 atom stereocenters. The Balaban J connectivity index is 1.45. The number of morpholine rings is 2. The van der Waals surface area contributed by atoms with Gasteiger partial charge in [0, 0.05) is 39.0 Å². The van der Waals surface area contributed by atoms with Crippen LogP contribution in [0.25, 0.3) is 0 Å². The van der Waals surface area contributed by atoms with Crippen molar-refractivity contribution in [3.63, 3.8) is 0 Å². The van der Waals surface area contributed by atoms with E-state index in [0.717, 1.165) is 91.4 Å². The lowest BCUT2D eigenvalue weighted by molar-refractivity contribution is -0.119. The van der Waals surface area contributed by atoms with Gasteiger partial charge in [-0.25, -0.2) is 0 Å². The van der Waals surface area contributed by atoms with Crippen molar-refractivity contribution in [2.75, 3.05) is 65.7 Å². The molecule has 2 aliphatic rings. The number of carbonyl (C=O) groups excluding carboxylic acids is 1. The van der Waals surface area contributed by atoms with Crippen LogP contribution < -0.4 is 0 Å². The number of ketones is 1. The van der Waals surface area contributed by atoms with Crippen LogP contribution in [0.4, 0.5) is 0 Å². The Bertz CT molecular complexity index is 248. The number of hydrogen-bond donors (Lipinski definition) is 0. The Kier molecular flexibility index (Phi) is 7.51. The zero-order chi connectivity index (χ0) is 14.0. The van der Waals surface area contributed by atoms with Crippen LogP contribution in [0.1, 0.15) is 25.7 Å². The maximum absolute atomic E-state index is 11.8. The Labute approximate surface area is 122 Å². The minimum absolute atomic E-state index is 0.423. The van der Waals surface area contributed by atoms with Crippen LogP contribution >= 0.6 is 0 Å². The molecule has 5 nitrogen and oxygen atoms in total. The molecule has 20 heavy (non-hydrogen) atoms. The van der Waals surface area contributed by atoms with E-state index in [1.54, 1.807) is 0 Å². The molecular weight excluding hydrogens is 256 g/mol. The van der Waals surface area contributed by atoms with E-state index in [0.29, 0.717) is 5.78 Å². The first-order chi connectivity index (χ1) is 9.84. The highest BCUT2D eigenvalue weighted by atomic mass is 16.5. The van der Waals surface area contributed by atoms with E-state index < -0.39 is 0 Å². The van der Waals surface area contributed by atoms with E-state index in [9.17, 15) is 4.79 Å². The summed E-state index contributed by atoms with van der Waals surface area (Å²) in [5.41, 5.74) is 0. The summed E-state index contributed by atoms with van der Waals surface area (Å²) in [6.45, 7) is 9.52. The molecule has 5 heteroatoms. The van der Waals surface area contributed by atoms with Crippen LogP contribution in [-0.4, -0.2) is 81.3 Å². The first-order valence-electron chi connectivity index (χ1n) is 7.96. The molecule has 0 aromatic rings. The van der Waals surface area contributed by atoms with Crippen molar-refractivity contribution in [1.29, 1.82) is 0 Å². The van der Waals surface area contributed by atoms with Gasteiger partial charge >= 0.3 is 0 Å². The van der Waals surface area contributed by atoms with Crippen molar-refractivity contribution in [3.8, 4) is 0 Å². The largest absolute Gasteiger partial charge is 0.379 e. The van der Waals surface area contributed by atoms with Gasteiger partial charge in [0.05, 0.1) is 26.4 Å². The van der Waals surface area contributed by atoms with E-state index in [2.05, 4.69) is 9.80 Å². The lowest BCUT2D eigenvalue weighted by Gasteiger charge is -2.26. The Morgan fingerprint density at radius 1 is 0.750 bits per heavy atom. The molecule has 2 saturated heterocycles.